The molecule has 1 aromatic rings. The highest BCUT2D eigenvalue weighted by atomic mass is 16.5. The van der Waals surface area contributed by atoms with Crippen LogP contribution in [0.5, 0.6) is 23.0 Å². The Kier molecular flexibility index (Phi) is 9.21. The summed E-state index contributed by atoms with van der Waals surface area (Å²) in [4.78, 5) is 0. The predicted molar refractivity (Wildman–Crippen MR) is 101 cm³/mol. The highest BCUT2D eigenvalue weighted by Gasteiger charge is 2.21. The van der Waals surface area contributed by atoms with Gasteiger partial charge in [-0.05, 0) is 32.1 Å². The molecule has 0 spiro atoms. The molecule has 0 amide bonds. The van der Waals surface area contributed by atoms with Crippen LogP contribution in [0.3, 0.4) is 0 Å². The van der Waals surface area contributed by atoms with Crippen molar-refractivity contribution in [2.45, 2.75) is 52.4 Å². The van der Waals surface area contributed by atoms with Gasteiger partial charge in [-0.3, -0.25) is 0 Å². The number of ether oxygens (including phenoxy) is 2. The smallest absolute Gasteiger partial charge is 0.207 e. The summed E-state index contributed by atoms with van der Waals surface area (Å²) in [6.45, 7) is 4.07. The molecule has 25 heavy (non-hydrogen) atoms. The first-order valence-electron chi connectivity index (χ1n) is 8.91. The first-order chi connectivity index (χ1) is 12.0. The van der Waals surface area contributed by atoms with Gasteiger partial charge in [-0.15, -0.1) is 0 Å². The molecule has 0 heterocycles. The zero-order chi connectivity index (χ0) is 18.8. The van der Waals surface area contributed by atoms with Crippen molar-refractivity contribution in [2.24, 2.45) is 5.92 Å². The number of phenols is 2. The van der Waals surface area contributed by atoms with Gasteiger partial charge in [0.05, 0.1) is 14.2 Å². The summed E-state index contributed by atoms with van der Waals surface area (Å²) in [6.07, 6.45) is 10.3. The number of phenolic OH excluding ortho intramolecular Hbond substituents is 2. The molecule has 0 bridgehead atoms. The van der Waals surface area contributed by atoms with E-state index in [2.05, 4.69) is 6.92 Å². The average molecular weight is 352 g/mol. The van der Waals surface area contributed by atoms with Crippen molar-refractivity contribution in [3.8, 4) is 23.0 Å². The largest absolute Gasteiger partial charge is 0.504 e. The minimum absolute atomic E-state index is 0.0187. The van der Waals surface area contributed by atoms with E-state index < -0.39 is 0 Å². The number of aliphatic hydroxyl groups excluding tert-OH is 1. The van der Waals surface area contributed by atoms with Crippen LogP contribution in [0, 0.1) is 12.8 Å². The molecule has 0 aromatic heterocycles. The van der Waals surface area contributed by atoms with Gasteiger partial charge >= 0.3 is 0 Å². The Hall–Kier alpha value is -1.88. The van der Waals surface area contributed by atoms with Crippen LogP contribution in [0.2, 0.25) is 0 Å². The molecule has 0 saturated carbocycles. The van der Waals surface area contributed by atoms with Crippen LogP contribution in [-0.4, -0.2) is 36.1 Å². The highest BCUT2D eigenvalue weighted by Crippen LogP contribution is 2.48. The van der Waals surface area contributed by atoms with Crippen molar-refractivity contribution in [1.82, 2.24) is 0 Å². The maximum absolute atomic E-state index is 10.4. The van der Waals surface area contributed by atoms with Gasteiger partial charge in [0, 0.05) is 17.7 Å². The molecular formula is C20H32O5. The molecule has 0 radical (unpaired) electrons. The maximum atomic E-state index is 10.4. The Bertz CT molecular complexity index is 566. The van der Waals surface area contributed by atoms with E-state index in [0.717, 1.165) is 32.1 Å². The third-order valence-corrected chi connectivity index (χ3v) is 4.47. The SMILES string of the molecule is COc1c(O)c(C)c(/C=C/CCCCCCC(C)CO)c(O)c1OC. The lowest BCUT2D eigenvalue weighted by Gasteiger charge is -2.16. The van der Waals surface area contributed by atoms with Gasteiger partial charge in [0.2, 0.25) is 11.5 Å². The van der Waals surface area contributed by atoms with Gasteiger partial charge in [0.25, 0.3) is 0 Å². The van der Waals surface area contributed by atoms with Crippen LogP contribution in [0.1, 0.15) is 56.6 Å². The van der Waals surface area contributed by atoms with Crippen LogP contribution in [0.15, 0.2) is 6.08 Å². The lowest BCUT2D eigenvalue weighted by atomic mass is 10.0. The van der Waals surface area contributed by atoms with Gasteiger partial charge in [0.15, 0.2) is 11.5 Å². The normalized spacial score (nSPS) is 12.5. The standard InChI is InChI=1S/C20H32O5/c1-14(13-21)11-9-7-5-6-8-10-12-16-15(2)17(22)19(24-3)20(25-4)18(16)23/h10,12,14,21-23H,5-9,11,13H2,1-4H3/b12-10+. The summed E-state index contributed by atoms with van der Waals surface area (Å²) in [6, 6.07) is 0. The van der Waals surface area contributed by atoms with Gasteiger partial charge in [0.1, 0.15) is 0 Å². The number of methoxy groups -OCH3 is 2. The number of hydrogen-bond acceptors (Lipinski definition) is 5. The van der Waals surface area contributed by atoms with Crippen molar-refractivity contribution in [2.75, 3.05) is 20.8 Å². The second-order valence-electron chi connectivity index (χ2n) is 6.48. The Balaban J connectivity index is 2.59. The van der Waals surface area contributed by atoms with Crippen molar-refractivity contribution < 1.29 is 24.8 Å². The fourth-order valence-electron chi connectivity index (χ4n) is 2.80. The van der Waals surface area contributed by atoms with Gasteiger partial charge < -0.3 is 24.8 Å². The predicted octanol–water partition coefficient (Wildman–Crippen LogP) is 4.41. The third-order valence-electron chi connectivity index (χ3n) is 4.47. The van der Waals surface area contributed by atoms with Crippen LogP contribution < -0.4 is 9.47 Å². The molecule has 1 atom stereocenters. The van der Waals surface area contributed by atoms with Crippen LogP contribution in [0.25, 0.3) is 6.08 Å². The van der Waals surface area contributed by atoms with Crippen molar-refractivity contribution >= 4 is 6.08 Å². The molecule has 5 nitrogen and oxygen atoms in total. The van der Waals surface area contributed by atoms with Crippen molar-refractivity contribution in [3.05, 3.63) is 17.2 Å². The number of unbranched alkanes of at least 4 members (excludes halogenated alkanes) is 4. The van der Waals surface area contributed by atoms with Crippen molar-refractivity contribution in [3.63, 3.8) is 0 Å². The third kappa shape index (κ3) is 5.85. The number of benzene rings is 1. The molecule has 5 heteroatoms. The monoisotopic (exact) mass is 352 g/mol. The van der Waals surface area contributed by atoms with Gasteiger partial charge in [-0.2, -0.15) is 0 Å². The van der Waals surface area contributed by atoms with Gasteiger partial charge in [-0.25, -0.2) is 0 Å². The van der Waals surface area contributed by atoms with E-state index in [0.29, 0.717) is 17.0 Å². The van der Waals surface area contributed by atoms with E-state index in [1.807, 2.05) is 12.2 Å². The molecule has 142 valence electrons. The van der Waals surface area contributed by atoms with E-state index in [4.69, 9.17) is 14.6 Å². The minimum Gasteiger partial charge on any atom is -0.504 e. The van der Waals surface area contributed by atoms with E-state index in [1.54, 1.807) is 6.92 Å². The molecule has 0 aliphatic heterocycles. The van der Waals surface area contributed by atoms with Crippen molar-refractivity contribution in [1.29, 1.82) is 0 Å². The summed E-state index contributed by atoms with van der Waals surface area (Å²) < 4.78 is 10.3. The van der Waals surface area contributed by atoms with Crippen LogP contribution in [0.4, 0.5) is 0 Å². The lowest BCUT2D eigenvalue weighted by Crippen LogP contribution is -1.99. The number of rotatable bonds is 11. The van der Waals surface area contributed by atoms with Crippen LogP contribution in [-0.2, 0) is 0 Å². The zero-order valence-electron chi connectivity index (χ0n) is 15.8. The fourth-order valence-corrected chi connectivity index (χ4v) is 2.80. The topological polar surface area (TPSA) is 79.2 Å². The molecule has 0 fully saturated rings. The van der Waals surface area contributed by atoms with Crippen LogP contribution >= 0.6 is 0 Å². The number of aliphatic hydroxyl groups is 1. The Morgan fingerprint density at radius 3 is 2.16 bits per heavy atom. The molecule has 0 saturated heterocycles. The average Bonchev–Trinajstić information content (AvgIpc) is 2.62. The summed E-state index contributed by atoms with van der Waals surface area (Å²) >= 11 is 0. The first-order valence-corrected chi connectivity index (χ1v) is 8.91. The molecule has 1 rings (SSSR count). The summed E-state index contributed by atoms with van der Waals surface area (Å²) in [5.74, 6) is 0.636. The maximum Gasteiger partial charge on any atom is 0.207 e. The van der Waals surface area contributed by atoms with E-state index in [-0.39, 0.29) is 29.6 Å². The summed E-state index contributed by atoms with van der Waals surface area (Å²) in [5.41, 5.74) is 1.11. The van der Waals surface area contributed by atoms with E-state index in [9.17, 15) is 10.2 Å². The molecule has 1 aromatic carbocycles. The number of aromatic hydroxyl groups is 2. The Morgan fingerprint density at radius 2 is 1.56 bits per heavy atom. The number of hydrogen-bond donors (Lipinski definition) is 3. The molecule has 3 N–H and O–H groups in total. The minimum atomic E-state index is -0.0242. The lowest BCUT2D eigenvalue weighted by molar-refractivity contribution is 0.227. The Morgan fingerprint density at radius 1 is 0.960 bits per heavy atom. The molecule has 0 aliphatic carbocycles. The first kappa shape index (κ1) is 21.2. The van der Waals surface area contributed by atoms with E-state index in [1.165, 1.54) is 20.6 Å². The second-order valence-corrected chi connectivity index (χ2v) is 6.48. The summed E-state index contributed by atoms with van der Waals surface area (Å²) in [7, 11) is 2.85. The fraction of sp³-hybridized carbons (Fsp3) is 0.600. The van der Waals surface area contributed by atoms with E-state index >= 15 is 0 Å². The number of allylic oxidation sites excluding steroid dienone is 1. The summed E-state index contributed by atoms with van der Waals surface area (Å²) in [5, 5.41) is 29.6. The van der Waals surface area contributed by atoms with Gasteiger partial charge in [-0.1, -0.05) is 38.3 Å². The molecule has 0 aliphatic rings. The second kappa shape index (κ2) is 10.9. The highest BCUT2D eigenvalue weighted by molar-refractivity contribution is 5.74. The molecular weight excluding hydrogens is 320 g/mol. The zero-order valence-corrected chi connectivity index (χ0v) is 15.8. The Labute approximate surface area is 150 Å². The quantitative estimate of drug-likeness (QED) is 0.406. The molecule has 1 unspecified atom stereocenters.